The largest absolute Gasteiger partial charge is 0.481 e. The van der Waals surface area contributed by atoms with Gasteiger partial charge in [0.15, 0.2) is 5.69 Å². The molecule has 3 heterocycles. The molecule has 0 aromatic carbocycles. The van der Waals surface area contributed by atoms with Gasteiger partial charge in [-0.2, -0.15) is 5.10 Å². The Kier molecular flexibility index (Phi) is 5.09. The van der Waals surface area contributed by atoms with Crippen molar-refractivity contribution in [2.24, 2.45) is 11.8 Å². The quantitative estimate of drug-likeness (QED) is 0.675. The molecule has 1 saturated carbocycles. The number of carbonyl (C=O) groups excluding carboxylic acids is 2. The van der Waals surface area contributed by atoms with Gasteiger partial charge in [-0.25, -0.2) is 0 Å². The third-order valence-corrected chi connectivity index (χ3v) is 6.11. The predicted octanol–water partition coefficient (Wildman–Crippen LogP) is 1.39. The van der Waals surface area contributed by atoms with Gasteiger partial charge in [-0.15, -0.1) is 0 Å². The Morgan fingerprint density at radius 2 is 1.86 bits per heavy atom. The first-order valence-electron chi connectivity index (χ1n) is 10.1. The van der Waals surface area contributed by atoms with Crippen LogP contribution in [0.3, 0.4) is 0 Å². The number of carboxylic acid groups (broad SMARTS) is 1. The van der Waals surface area contributed by atoms with E-state index in [0.717, 1.165) is 25.7 Å². The third-order valence-electron chi connectivity index (χ3n) is 6.11. The van der Waals surface area contributed by atoms with Gasteiger partial charge in [-0.3, -0.25) is 19.1 Å². The van der Waals surface area contributed by atoms with Crippen LogP contribution in [0.4, 0.5) is 5.69 Å². The van der Waals surface area contributed by atoms with E-state index >= 15 is 0 Å². The summed E-state index contributed by atoms with van der Waals surface area (Å²) in [5.41, 5.74) is 0.479. The standard InChI is InChI=1S/C19H26N4O5/c1-2-23-9-11(16(22-23)18(25)20-10-5-3-4-6-10)21-17(24)14-12-7-8-13(28-12)15(14)19(26)27/h9-10,12-15H,2-8H2,1H3,(H,20,25)(H,21,24)(H,26,27)/t12-,13+,14+,15+/m1/s1. The van der Waals surface area contributed by atoms with Crippen molar-refractivity contribution in [3.63, 3.8) is 0 Å². The molecule has 2 amide bonds. The summed E-state index contributed by atoms with van der Waals surface area (Å²) in [5, 5.41) is 19.6. The van der Waals surface area contributed by atoms with E-state index < -0.39 is 29.8 Å². The molecule has 28 heavy (non-hydrogen) atoms. The number of rotatable bonds is 6. The van der Waals surface area contributed by atoms with Gasteiger partial charge in [-0.05, 0) is 32.6 Å². The second-order valence-corrected chi connectivity index (χ2v) is 7.87. The van der Waals surface area contributed by atoms with Gasteiger partial charge in [0.1, 0.15) is 0 Å². The molecule has 0 unspecified atom stereocenters. The van der Waals surface area contributed by atoms with Crippen LogP contribution in [0.5, 0.6) is 0 Å². The summed E-state index contributed by atoms with van der Waals surface area (Å²) in [7, 11) is 0. The van der Waals surface area contributed by atoms with Crippen molar-refractivity contribution in [1.82, 2.24) is 15.1 Å². The molecule has 0 radical (unpaired) electrons. The van der Waals surface area contributed by atoms with Gasteiger partial charge in [-0.1, -0.05) is 12.8 Å². The predicted molar refractivity (Wildman–Crippen MR) is 98.8 cm³/mol. The minimum atomic E-state index is -1.02. The number of anilines is 1. The number of carbonyl (C=O) groups is 3. The Labute approximate surface area is 162 Å². The van der Waals surface area contributed by atoms with Crippen molar-refractivity contribution in [3.8, 4) is 0 Å². The zero-order valence-corrected chi connectivity index (χ0v) is 15.9. The molecule has 1 aromatic rings. The fourth-order valence-electron chi connectivity index (χ4n) is 4.71. The fraction of sp³-hybridized carbons (Fsp3) is 0.684. The minimum absolute atomic E-state index is 0.137. The van der Waals surface area contributed by atoms with E-state index in [4.69, 9.17) is 4.74 Å². The number of fused-ring (bicyclic) bond motifs is 2. The molecular weight excluding hydrogens is 364 g/mol. The van der Waals surface area contributed by atoms with Crippen molar-refractivity contribution >= 4 is 23.5 Å². The Balaban J connectivity index is 1.52. The highest BCUT2D eigenvalue weighted by molar-refractivity contribution is 6.03. The summed E-state index contributed by atoms with van der Waals surface area (Å²) in [6.45, 7) is 2.44. The zero-order chi connectivity index (χ0) is 19.8. The Bertz CT molecular complexity index is 785. The summed E-state index contributed by atoms with van der Waals surface area (Å²) in [4.78, 5) is 37.2. The number of nitrogens with one attached hydrogen (secondary N) is 2. The van der Waals surface area contributed by atoms with Gasteiger partial charge in [0.25, 0.3) is 5.91 Å². The number of carboxylic acids is 1. The van der Waals surface area contributed by atoms with Gasteiger partial charge in [0, 0.05) is 18.8 Å². The molecule has 4 rings (SSSR count). The molecule has 152 valence electrons. The number of hydrogen-bond donors (Lipinski definition) is 3. The lowest BCUT2D eigenvalue weighted by atomic mass is 9.78. The molecule has 4 atom stereocenters. The topological polar surface area (TPSA) is 123 Å². The van der Waals surface area contributed by atoms with Crippen molar-refractivity contribution in [2.75, 3.05) is 5.32 Å². The first-order chi connectivity index (χ1) is 13.5. The summed E-state index contributed by atoms with van der Waals surface area (Å²) in [5.74, 6) is -3.36. The fourth-order valence-corrected chi connectivity index (χ4v) is 4.71. The molecule has 9 heteroatoms. The maximum absolute atomic E-state index is 12.9. The molecule has 9 nitrogen and oxygen atoms in total. The summed E-state index contributed by atoms with van der Waals surface area (Å²) >= 11 is 0. The van der Waals surface area contributed by atoms with E-state index in [1.54, 1.807) is 10.9 Å². The Hall–Kier alpha value is -2.42. The number of nitrogens with zero attached hydrogens (tertiary/aromatic N) is 2. The summed E-state index contributed by atoms with van der Waals surface area (Å²) in [6.07, 6.45) is 6.24. The highest BCUT2D eigenvalue weighted by Gasteiger charge is 2.55. The maximum Gasteiger partial charge on any atom is 0.310 e. The number of aromatic nitrogens is 2. The second-order valence-electron chi connectivity index (χ2n) is 7.87. The summed E-state index contributed by atoms with van der Waals surface area (Å²) < 4.78 is 7.26. The SMILES string of the molecule is CCn1cc(NC(=O)[C@@H]2[C@@H](C(=O)O)[C@@H]3CC[C@H]2O3)c(C(=O)NC2CCCC2)n1. The zero-order valence-electron chi connectivity index (χ0n) is 15.9. The third kappa shape index (κ3) is 3.39. The lowest BCUT2D eigenvalue weighted by Gasteiger charge is -2.23. The maximum atomic E-state index is 12.9. The molecule has 3 N–H and O–H groups in total. The van der Waals surface area contributed by atoms with E-state index in [0.29, 0.717) is 25.1 Å². The lowest BCUT2D eigenvalue weighted by molar-refractivity contribution is -0.147. The van der Waals surface area contributed by atoms with Crippen molar-refractivity contribution < 1.29 is 24.2 Å². The van der Waals surface area contributed by atoms with Gasteiger partial charge >= 0.3 is 5.97 Å². The van der Waals surface area contributed by atoms with Crippen LogP contribution in [-0.4, -0.2) is 50.9 Å². The number of ether oxygens (including phenoxy) is 1. The van der Waals surface area contributed by atoms with Gasteiger partial charge in [0.05, 0.1) is 29.7 Å². The average molecular weight is 390 g/mol. The molecular formula is C19H26N4O5. The first kappa shape index (κ1) is 18.9. The van der Waals surface area contributed by atoms with Crippen LogP contribution in [0.1, 0.15) is 55.9 Å². The molecule has 2 aliphatic heterocycles. The molecule has 3 aliphatic rings. The first-order valence-corrected chi connectivity index (χ1v) is 10.1. The van der Waals surface area contributed by atoms with E-state index in [1.165, 1.54) is 0 Å². The number of amides is 2. The van der Waals surface area contributed by atoms with Crippen molar-refractivity contribution in [3.05, 3.63) is 11.9 Å². The van der Waals surface area contributed by atoms with Crippen LogP contribution in [0, 0.1) is 11.8 Å². The van der Waals surface area contributed by atoms with Crippen molar-refractivity contribution in [2.45, 2.75) is 70.2 Å². The molecule has 3 fully saturated rings. The van der Waals surface area contributed by atoms with E-state index in [2.05, 4.69) is 15.7 Å². The van der Waals surface area contributed by atoms with Crippen LogP contribution in [0.2, 0.25) is 0 Å². The smallest absolute Gasteiger partial charge is 0.310 e. The van der Waals surface area contributed by atoms with Crippen LogP contribution in [0.15, 0.2) is 6.20 Å². The number of hydrogen-bond acceptors (Lipinski definition) is 5. The lowest BCUT2D eigenvalue weighted by Crippen LogP contribution is -2.41. The molecule has 1 aliphatic carbocycles. The van der Waals surface area contributed by atoms with Crippen LogP contribution >= 0.6 is 0 Å². The van der Waals surface area contributed by atoms with Crippen molar-refractivity contribution in [1.29, 1.82) is 0 Å². The number of aryl methyl sites for hydroxylation is 1. The van der Waals surface area contributed by atoms with E-state index in [9.17, 15) is 19.5 Å². The molecule has 2 saturated heterocycles. The normalized spacial score (nSPS) is 29.2. The monoisotopic (exact) mass is 390 g/mol. The molecule has 0 spiro atoms. The molecule has 1 aromatic heterocycles. The second kappa shape index (κ2) is 7.54. The van der Waals surface area contributed by atoms with Crippen LogP contribution in [-0.2, 0) is 20.9 Å². The Morgan fingerprint density at radius 1 is 1.18 bits per heavy atom. The van der Waals surface area contributed by atoms with Gasteiger partial charge < -0.3 is 20.5 Å². The summed E-state index contributed by atoms with van der Waals surface area (Å²) in [6, 6.07) is 0.137. The van der Waals surface area contributed by atoms with Gasteiger partial charge in [0.2, 0.25) is 5.91 Å². The van der Waals surface area contributed by atoms with E-state index in [-0.39, 0.29) is 23.7 Å². The van der Waals surface area contributed by atoms with Crippen LogP contribution in [0.25, 0.3) is 0 Å². The average Bonchev–Trinajstić information content (AvgIpc) is 3.44. The minimum Gasteiger partial charge on any atom is -0.481 e. The highest BCUT2D eigenvalue weighted by Crippen LogP contribution is 2.44. The van der Waals surface area contributed by atoms with Crippen LogP contribution < -0.4 is 10.6 Å². The van der Waals surface area contributed by atoms with E-state index in [1.807, 2.05) is 6.92 Å². The Morgan fingerprint density at radius 3 is 2.50 bits per heavy atom. The highest BCUT2D eigenvalue weighted by atomic mass is 16.5. The molecule has 2 bridgehead atoms. The number of aliphatic carboxylic acids is 1.